The summed E-state index contributed by atoms with van der Waals surface area (Å²) in [6, 6.07) is 7.96. The van der Waals surface area contributed by atoms with Crippen molar-refractivity contribution < 1.29 is 14.2 Å². The lowest BCUT2D eigenvalue weighted by molar-refractivity contribution is 0.00364. The number of halogens is 1. The molecule has 0 saturated carbocycles. The zero-order valence-electron chi connectivity index (χ0n) is 11.3. The summed E-state index contributed by atoms with van der Waals surface area (Å²) in [5.41, 5.74) is 6.82. The van der Waals surface area contributed by atoms with E-state index in [2.05, 4.69) is 15.9 Å². The highest BCUT2D eigenvalue weighted by molar-refractivity contribution is 9.10. The molecule has 4 nitrogen and oxygen atoms in total. The smallest absolute Gasteiger partial charge is 0.0959 e. The summed E-state index contributed by atoms with van der Waals surface area (Å²) < 4.78 is 17.2. The average molecular weight is 332 g/mol. The topological polar surface area (TPSA) is 53.7 Å². The molecule has 0 aliphatic carbocycles. The molecule has 0 aliphatic heterocycles. The van der Waals surface area contributed by atoms with E-state index in [1.165, 1.54) is 0 Å². The van der Waals surface area contributed by atoms with Crippen LogP contribution in [0.4, 0.5) is 0 Å². The summed E-state index contributed by atoms with van der Waals surface area (Å²) >= 11 is 3.51. The van der Waals surface area contributed by atoms with Crippen LogP contribution in [0.15, 0.2) is 28.7 Å². The lowest BCUT2D eigenvalue weighted by Crippen LogP contribution is -2.18. The highest BCUT2D eigenvalue weighted by Gasteiger charge is 2.12. The van der Waals surface area contributed by atoms with Gasteiger partial charge in [-0.05, 0) is 18.1 Å². The third-order valence-electron chi connectivity index (χ3n) is 2.65. The van der Waals surface area contributed by atoms with Gasteiger partial charge in [0.05, 0.1) is 19.3 Å². The van der Waals surface area contributed by atoms with E-state index in [-0.39, 0.29) is 6.10 Å². The number of ether oxygens (including phenoxy) is 3. The average Bonchev–Trinajstić information content (AvgIpc) is 2.43. The van der Waals surface area contributed by atoms with E-state index in [0.717, 1.165) is 23.1 Å². The van der Waals surface area contributed by atoms with Gasteiger partial charge in [0.1, 0.15) is 0 Å². The first kappa shape index (κ1) is 16.6. The van der Waals surface area contributed by atoms with E-state index >= 15 is 0 Å². The fourth-order valence-electron chi connectivity index (χ4n) is 1.68. The van der Waals surface area contributed by atoms with Gasteiger partial charge in [-0.2, -0.15) is 0 Å². The second kappa shape index (κ2) is 10.3. The number of hydrogen-bond donors (Lipinski definition) is 1. The molecule has 1 atom stereocenters. The number of methoxy groups -OCH3 is 1. The van der Waals surface area contributed by atoms with Gasteiger partial charge in [0.2, 0.25) is 0 Å². The molecule has 19 heavy (non-hydrogen) atoms. The van der Waals surface area contributed by atoms with Crippen molar-refractivity contribution in [2.24, 2.45) is 5.73 Å². The molecular formula is C14H22BrNO3. The minimum atomic E-state index is -0.0989. The van der Waals surface area contributed by atoms with Crippen molar-refractivity contribution in [1.29, 1.82) is 0 Å². The third kappa shape index (κ3) is 6.49. The molecule has 0 spiro atoms. The molecule has 0 aromatic heterocycles. The highest BCUT2D eigenvalue weighted by Crippen LogP contribution is 2.24. The maximum absolute atomic E-state index is 5.75. The van der Waals surface area contributed by atoms with Crippen LogP contribution in [0.2, 0.25) is 0 Å². The summed E-state index contributed by atoms with van der Waals surface area (Å²) in [6.07, 6.45) is 0.805. The van der Waals surface area contributed by atoms with Gasteiger partial charge in [-0.3, -0.25) is 0 Å². The summed E-state index contributed by atoms with van der Waals surface area (Å²) in [7, 11) is 1.69. The molecule has 2 N–H and O–H groups in total. The van der Waals surface area contributed by atoms with E-state index in [0.29, 0.717) is 26.4 Å². The Morgan fingerprint density at radius 3 is 2.63 bits per heavy atom. The molecule has 0 heterocycles. The van der Waals surface area contributed by atoms with Crippen LogP contribution in [0.1, 0.15) is 18.1 Å². The molecule has 108 valence electrons. The molecular weight excluding hydrogens is 310 g/mol. The lowest BCUT2D eigenvalue weighted by Gasteiger charge is -2.17. The van der Waals surface area contributed by atoms with Gasteiger partial charge in [-0.1, -0.05) is 34.1 Å². The Kier molecular flexibility index (Phi) is 9.03. The van der Waals surface area contributed by atoms with E-state index in [9.17, 15) is 0 Å². The molecule has 1 aromatic rings. The molecule has 1 rings (SSSR count). The second-order valence-electron chi connectivity index (χ2n) is 4.08. The monoisotopic (exact) mass is 331 g/mol. The van der Waals surface area contributed by atoms with Gasteiger partial charge in [0.25, 0.3) is 0 Å². The van der Waals surface area contributed by atoms with Crippen molar-refractivity contribution in [2.45, 2.75) is 12.5 Å². The van der Waals surface area contributed by atoms with Crippen LogP contribution in [-0.4, -0.2) is 40.1 Å². The first-order valence-corrected chi connectivity index (χ1v) is 7.21. The molecule has 0 bridgehead atoms. The molecule has 1 aromatic carbocycles. The van der Waals surface area contributed by atoms with Crippen molar-refractivity contribution >= 4 is 15.9 Å². The maximum atomic E-state index is 5.75. The van der Waals surface area contributed by atoms with Crippen LogP contribution >= 0.6 is 15.9 Å². The second-order valence-corrected chi connectivity index (χ2v) is 4.93. The van der Waals surface area contributed by atoms with E-state index in [1.54, 1.807) is 7.11 Å². The number of hydrogen-bond acceptors (Lipinski definition) is 4. The molecule has 5 heteroatoms. The Bertz CT molecular complexity index is 349. The van der Waals surface area contributed by atoms with Crippen molar-refractivity contribution in [3.63, 3.8) is 0 Å². The van der Waals surface area contributed by atoms with E-state index in [1.807, 2.05) is 24.3 Å². The zero-order valence-corrected chi connectivity index (χ0v) is 12.9. The largest absolute Gasteiger partial charge is 0.385 e. The van der Waals surface area contributed by atoms with Crippen molar-refractivity contribution in [1.82, 2.24) is 0 Å². The first-order chi connectivity index (χ1) is 9.29. The molecule has 0 radical (unpaired) electrons. The van der Waals surface area contributed by atoms with Crippen LogP contribution in [0, 0.1) is 0 Å². The predicted molar refractivity (Wildman–Crippen MR) is 79.2 cm³/mol. The van der Waals surface area contributed by atoms with Crippen molar-refractivity contribution in [3.8, 4) is 0 Å². The van der Waals surface area contributed by atoms with Crippen LogP contribution < -0.4 is 5.73 Å². The van der Waals surface area contributed by atoms with Gasteiger partial charge in [-0.25, -0.2) is 0 Å². The Morgan fingerprint density at radius 1 is 1.16 bits per heavy atom. The fourth-order valence-corrected chi connectivity index (χ4v) is 2.22. The Hall–Kier alpha value is -0.460. The SMILES string of the molecule is COCCCOCCOC(CN)c1ccccc1Br. The Labute approximate surface area is 123 Å². The molecule has 0 fully saturated rings. The highest BCUT2D eigenvalue weighted by atomic mass is 79.9. The first-order valence-electron chi connectivity index (χ1n) is 6.42. The third-order valence-corrected chi connectivity index (χ3v) is 3.37. The fraction of sp³-hybridized carbons (Fsp3) is 0.571. The normalized spacial score (nSPS) is 12.6. The van der Waals surface area contributed by atoms with Crippen LogP contribution in [0.5, 0.6) is 0 Å². The molecule has 0 aliphatic rings. The molecule has 0 amide bonds. The number of nitrogens with two attached hydrogens (primary N) is 1. The summed E-state index contributed by atoms with van der Waals surface area (Å²) in [5.74, 6) is 0. The number of benzene rings is 1. The van der Waals surface area contributed by atoms with Gasteiger partial charge < -0.3 is 19.9 Å². The van der Waals surface area contributed by atoms with E-state index < -0.39 is 0 Å². The minimum absolute atomic E-state index is 0.0989. The van der Waals surface area contributed by atoms with E-state index in [4.69, 9.17) is 19.9 Å². The molecule has 1 unspecified atom stereocenters. The summed E-state index contributed by atoms with van der Waals surface area (Å²) in [4.78, 5) is 0. The standard InChI is InChI=1S/C14H22BrNO3/c1-17-7-4-8-18-9-10-19-14(11-16)12-5-2-3-6-13(12)15/h2-3,5-6,14H,4,7-11,16H2,1H3. The number of rotatable bonds is 10. The van der Waals surface area contributed by atoms with Gasteiger partial charge in [0.15, 0.2) is 0 Å². The zero-order chi connectivity index (χ0) is 13.9. The maximum Gasteiger partial charge on any atom is 0.0959 e. The Balaban J connectivity index is 2.24. The molecule has 0 saturated heterocycles. The summed E-state index contributed by atoms with van der Waals surface area (Å²) in [5, 5.41) is 0. The van der Waals surface area contributed by atoms with Crippen molar-refractivity contribution in [3.05, 3.63) is 34.3 Å². The lowest BCUT2D eigenvalue weighted by atomic mass is 10.1. The minimum Gasteiger partial charge on any atom is -0.385 e. The van der Waals surface area contributed by atoms with Crippen LogP contribution in [0.25, 0.3) is 0 Å². The van der Waals surface area contributed by atoms with Crippen molar-refractivity contribution in [2.75, 3.05) is 40.1 Å². The summed E-state index contributed by atoms with van der Waals surface area (Å²) in [6.45, 7) is 2.98. The van der Waals surface area contributed by atoms with Gasteiger partial charge in [0, 0.05) is 31.3 Å². The van der Waals surface area contributed by atoms with Gasteiger partial charge >= 0.3 is 0 Å². The van der Waals surface area contributed by atoms with Crippen LogP contribution in [-0.2, 0) is 14.2 Å². The quantitative estimate of drug-likeness (QED) is 0.669. The van der Waals surface area contributed by atoms with Gasteiger partial charge in [-0.15, -0.1) is 0 Å². The predicted octanol–water partition coefficient (Wildman–Crippen LogP) is 2.52. The Morgan fingerprint density at radius 2 is 1.95 bits per heavy atom. The van der Waals surface area contributed by atoms with Crippen LogP contribution in [0.3, 0.4) is 0 Å².